The second-order valence-electron chi connectivity index (χ2n) is 6.37. The number of aliphatic carboxylic acids is 1. The molecule has 25 heavy (non-hydrogen) atoms. The minimum atomic E-state index is -0.799. The van der Waals surface area contributed by atoms with Crippen molar-refractivity contribution in [1.29, 1.82) is 0 Å². The van der Waals surface area contributed by atoms with Crippen LogP contribution in [0.25, 0.3) is 11.3 Å². The highest BCUT2D eigenvalue weighted by molar-refractivity contribution is 5.70. The molecule has 1 heterocycles. The lowest BCUT2D eigenvalue weighted by Gasteiger charge is -2.14. The van der Waals surface area contributed by atoms with Crippen LogP contribution in [0, 0.1) is 22.0 Å². The van der Waals surface area contributed by atoms with Gasteiger partial charge in [0.15, 0.2) is 0 Å². The fraction of sp³-hybridized carbons (Fsp3) is 0.389. The second-order valence-corrected chi connectivity index (χ2v) is 6.37. The Bertz CT molecular complexity index is 721. The average Bonchev–Trinajstić information content (AvgIpc) is 3.02. The van der Waals surface area contributed by atoms with Crippen LogP contribution in [0.4, 0.5) is 5.69 Å². The lowest BCUT2D eigenvalue weighted by atomic mass is 9.97. The van der Waals surface area contributed by atoms with E-state index in [2.05, 4.69) is 5.32 Å². The summed E-state index contributed by atoms with van der Waals surface area (Å²) in [4.78, 5) is 21.5. The van der Waals surface area contributed by atoms with E-state index in [0.29, 0.717) is 36.9 Å². The molecule has 2 rings (SSSR count). The van der Waals surface area contributed by atoms with Crippen molar-refractivity contribution in [2.24, 2.45) is 11.8 Å². The van der Waals surface area contributed by atoms with Gasteiger partial charge in [-0.3, -0.25) is 14.9 Å². The Labute approximate surface area is 145 Å². The smallest absolute Gasteiger partial charge is 0.307 e. The molecule has 0 aliphatic heterocycles. The van der Waals surface area contributed by atoms with Gasteiger partial charge in [0.2, 0.25) is 0 Å². The number of furan rings is 1. The monoisotopic (exact) mass is 346 g/mol. The number of carbonyl (C=O) groups is 1. The van der Waals surface area contributed by atoms with E-state index in [1.165, 1.54) is 12.1 Å². The molecule has 1 aromatic heterocycles. The summed E-state index contributed by atoms with van der Waals surface area (Å²) in [6.45, 7) is 4.80. The predicted molar refractivity (Wildman–Crippen MR) is 93.1 cm³/mol. The van der Waals surface area contributed by atoms with E-state index in [1.54, 1.807) is 18.2 Å². The lowest BCUT2D eigenvalue weighted by molar-refractivity contribution is -0.384. The number of nitro benzene ring substituents is 1. The van der Waals surface area contributed by atoms with E-state index in [1.807, 2.05) is 19.9 Å². The number of benzene rings is 1. The molecule has 0 spiro atoms. The molecule has 0 aliphatic carbocycles. The Morgan fingerprint density at radius 1 is 1.24 bits per heavy atom. The van der Waals surface area contributed by atoms with E-state index in [9.17, 15) is 20.0 Å². The first-order valence-electron chi connectivity index (χ1n) is 8.14. The third-order valence-corrected chi connectivity index (χ3v) is 3.82. The Kier molecular flexibility index (Phi) is 6.30. The third kappa shape index (κ3) is 5.42. The van der Waals surface area contributed by atoms with E-state index in [0.717, 1.165) is 5.56 Å². The Balaban J connectivity index is 1.92. The summed E-state index contributed by atoms with van der Waals surface area (Å²) in [7, 11) is 0. The Morgan fingerprint density at radius 2 is 1.92 bits per heavy atom. The van der Waals surface area contributed by atoms with Crippen molar-refractivity contribution >= 4 is 11.7 Å². The molecule has 1 atom stereocenters. The highest BCUT2D eigenvalue weighted by Crippen LogP contribution is 2.24. The summed E-state index contributed by atoms with van der Waals surface area (Å²) in [5.74, 6) is 0.391. The van der Waals surface area contributed by atoms with E-state index >= 15 is 0 Å². The van der Waals surface area contributed by atoms with Gasteiger partial charge in [0.1, 0.15) is 11.5 Å². The molecule has 0 aliphatic rings. The van der Waals surface area contributed by atoms with Crippen LogP contribution in [-0.4, -0.2) is 22.5 Å². The van der Waals surface area contributed by atoms with Gasteiger partial charge in [-0.1, -0.05) is 13.8 Å². The molecule has 0 saturated carbocycles. The molecule has 0 fully saturated rings. The molecular formula is C18H22N2O5. The zero-order valence-corrected chi connectivity index (χ0v) is 14.3. The number of non-ortho nitro benzene ring substituents is 1. The topological polar surface area (TPSA) is 106 Å². The average molecular weight is 346 g/mol. The first kappa shape index (κ1) is 18.7. The van der Waals surface area contributed by atoms with E-state index < -0.39 is 16.8 Å². The standard InChI is InChI=1S/C18H22N2O5/c1-12(2)9-14(18(21)22)10-19-11-16-7-8-17(25-16)13-3-5-15(6-4-13)20(23)24/h3-8,12,14,19H,9-11H2,1-2H3,(H,21,22). The highest BCUT2D eigenvalue weighted by atomic mass is 16.6. The summed E-state index contributed by atoms with van der Waals surface area (Å²) in [6, 6.07) is 9.73. The molecule has 1 aromatic carbocycles. The van der Waals surface area contributed by atoms with Gasteiger partial charge >= 0.3 is 5.97 Å². The molecule has 0 radical (unpaired) electrons. The summed E-state index contributed by atoms with van der Waals surface area (Å²) >= 11 is 0. The van der Waals surface area contributed by atoms with E-state index in [4.69, 9.17) is 4.42 Å². The van der Waals surface area contributed by atoms with Crippen molar-refractivity contribution in [3.05, 3.63) is 52.3 Å². The Morgan fingerprint density at radius 3 is 2.48 bits per heavy atom. The zero-order valence-electron chi connectivity index (χ0n) is 14.3. The van der Waals surface area contributed by atoms with Crippen LogP contribution >= 0.6 is 0 Å². The van der Waals surface area contributed by atoms with Gasteiger partial charge < -0.3 is 14.8 Å². The minimum Gasteiger partial charge on any atom is -0.481 e. The number of rotatable bonds is 9. The molecule has 7 heteroatoms. The van der Waals surface area contributed by atoms with Crippen molar-refractivity contribution in [3.8, 4) is 11.3 Å². The van der Waals surface area contributed by atoms with Crippen LogP contribution in [0.3, 0.4) is 0 Å². The molecular weight excluding hydrogens is 324 g/mol. The number of nitrogens with one attached hydrogen (secondary N) is 1. The van der Waals surface area contributed by atoms with Crippen molar-refractivity contribution < 1.29 is 19.2 Å². The summed E-state index contributed by atoms with van der Waals surface area (Å²) in [5, 5.41) is 23.0. The molecule has 0 saturated heterocycles. The first-order chi connectivity index (χ1) is 11.9. The van der Waals surface area contributed by atoms with Crippen LogP contribution in [0.15, 0.2) is 40.8 Å². The van der Waals surface area contributed by atoms with Crippen LogP contribution in [0.2, 0.25) is 0 Å². The van der Waals surface area contributed by atoms with Crippen molar-refractivity contribution in [2.75, 3.05) is 6.54 Å². The maximum absolute atomic E-state index is 11.2. The van der Waals surface area contributed by atoms with Gasteiger partial charge in [-0.15, -0.1) is 0 Å². The molecule has 2 aromatic rings. The van der Waals surface area contributed by atoms with Gasteiger partial charge in [-0.25, -0.2) is 0 Å². The lowest BCUT2D eigenvalue weighted by Crippen LogP contribution is -2.29. The van der Waals surface area contributed by atoms with Crippen LogP contribution in [0.1, 0.15) is 26.0 Å². The summed E-state index contributed by atoms with van der Waals surface area (Å²) in [6.07, 6.45) is 0.620. The minimum absolute atomic E-state index is 0.0297. The third-order valence-electron chi connectivity index (χ3n) is 3.82. The second kappa shape index (κ2) is 8.43. The van der Waals surface area contributed by atoms with Gasteiger partial charge in [-0.2, -0.15) is 0 Å². The summed E-state index contributed by atoms with van der Waals surface area (Å²) < 4.78 is 5.71. The maximum Gasteiger partial charge on any atom is 0.307 e. The van der Waals surface area contributed by atoms with Crippen molar-refractivity contribution in [2.45, 2.75) is 26.8 Å². The SMILES string of the molecule is CC(C)CC(CNCc1ccc(-c2ccc([N+](=O)[O-])cc2)o1)C(=O)O. The van der Waals surface area contributed by atoms with Crippen LogP contribution < -0.4 is 5.32 Å². The van der Waals surface area contributed by atoms with E-state index in [-0.39, 0.29) is 5.69 Å². The van der Waals surface area contributed by atoms with Crippen molar-refractivity contribution in [3.63, 3.8) is 0 Å². The number of carboxylic acids is 1. The number of nitro groups is 1. The van der Waals surface area contributed by atoms with Crippen LogP contribution in [-0.2, 0) is 11.3 Å². The van der Waals surface area contributed by atoms with Crippen molar-refractivity contribution in [1.82, 2.24) is 5.32 Å². The molecule has 1 unspecified atom stereocenters. The fourth-order valence-corrected chi connectivity index (χ4v) is 2.59. The number of hydrogen-bond acceptors (Lipinski definition) is 5. The highest BCUT2D eigenvalue weighted by Gasteiger charge is 2.18. The van der Waals surface area contributed by atoms with Gasteiger partial charge in [-0.05, 0) is 36.6 Å². The predicted octanol–water partition coefficient (Wildman–Crippen LogP) is 3.69. The molecule has 7 nitrogen and oxygen atoms in total. The fourth-order valence-electron chi connectivity index (χ4n) is 2.59. The number of hydrogen-bond donors (Lipinski definition) is 2. The largest absolute Gasteiger partial charge is 0.481 e. The first-order valence-corrected chi connectivity index (χ1v) is 8.14. The normalized spacial score (nSPS) is 12.3. The molecule has 2 N–H and O–H groups in total. The quantitative estimate of drug-likeness (QED) is 0.530. The van der Waals surface area contributed by atoms with Gasteiger partial charge in [0, 0.05) is 24.2 Å². The summed E-state index contributed by atoms with van der Waals surface area (Å²) in [5.41, 5.74) is 0.780. The van der Waals surface area contributed by atoms with Gasteiger partial charge in [0.25, 0.3) is 5.69 Å². The Hall–Kier alpha value is -2.67. The number of nitrogens with zero attached hydrogens (tertiary/aromatic N) is 1. The molecule has 0 amide bonds. The molecule has 134 valence electrons. The van der Waals surface area contributed by atoms with Gasteiger partial charge in [0.05, 0.1) is 17.4 Å². The maximum atomic E-state index is 11.2. The zero-order chi connectivity index (χ0) is 18.4. The van der Waals surface area contributed by atoms with Crippen LogP contribution in [0.5, 0.6) is 0 Å². The molecule has 0 bridgehead atoms. The number of carboxylic acid groups (broad SMARTS) is 1.